The second kappa shape index (κ2) is 6.32. The van der Waals surface area contributed by atoms with Gasteiger partial charge >= 0.3 is 12.4 Å². The lowest BCUT2D eigenvalue weighted by atomic mass is 9.81. The lowest BCUT2D eigenvalue weighted by Crippen LogP contribution is -2.30. The van der Waals surface area contributed by atoms with Crippen LogP contribution in [0.2, 0.25) is 0 Å². The predicted molar refractivity (Wildman–Crippen MR) is 71.2 cm³/mol. The van der Waals surface area contributed by atoms with E-state index in [2.05, 4.69) is 0 Å². The molecule has 4 atom stereocenters. The molecule has 0 nitrogen and oxygen atoms in total. The lowest BCUT2D eigenvalue weighted by Gasteiger charge is -2.26. The molecule has 0 N–H and O–H groups in total. The van der Waals surface area contributed by atoms with Crippen LogP contribution in [0, 0.1) is 23.6 Å². The summed E-state index contributed by atoms with van der Waals surface area (Å²) in [5.74, 6) is -6.33. The highest BCUT2D eigenvalue weighted by atomic mass is 19.4. The number of rotatable bonds is 1. The zero-order chi connectivity index (χ0) is 17.4. The quantitative estimate of drug-likeness (QED) is 0.428. The van der Waals surface area contributed by atoms with E-state index in [0.29, 0.717) is 0 Å². The van der Waals surface area contributed by atoms with Crippen LogP contribution in [0.25, 0.3) is 0 Å². The summed E-state index contributed by atoms with van der Waals surface area (Å²) in [7, 11) is 0. The Bertz CT molecular complexity index is 532. The van der Waals surface area contributed by atoms with Gasteiger partial charge in [-0.25, -0.2) is 4.39 Å². The summed E-state index contributed by atoms with van der Waals surface area (Å²) in [4.78, 5) is 0. The third-order valence-electron chi connectivity index (χ3n) is 4.68. The van der Waals surface area contributed by atoms with Gasteiger partial charge in [-0.15, -0.1) is 0 Å². The fourth-order valence-electron chi connectivity index (χ4n) is 3.43. The SMILES string of the molecule is CC1CC(C(F)(F)F)CC(C(F)(F)F)CC1c1ccccc1F. The van der Waals surface area contributed by atoms with Crippen LogP contribution in [0.3, 0.4) is 0 Å². The van der Waals surface area contributed by atoms with Crippen molar-refractivity contribution in [3.8, 4) is 0 Å². The van der Waals surface area contributed by atoms with Crippen molar-refractivity contribution in [2.45, 2.75) is 44.5 Å². The molecule has 7 heteroatoms. The number of benzene rings is 1. The molecule has 1 saturated carbocycles. The Labute approximate surface area is 129 Å². The summed E-state index contributed by atoms with van der Waals surface area (Å²) in [6, 6.07) is 5.37. The fraction of sp³-hybridized carbons (Fsp3) is 0.625. The fourth-order valence-corrected chi connectivity index (χ4v) is 3.43. The maximum Gasteiger partial charge on any atom is 0.391 e. The zero-order valence-corrected chi connectivity index (χ0v) is 12.4. The average molecular weight is 342 g/mol. The Kier molecular flexibility index (Phi) is 4.97. The molecule has 0 heterocycles. The molecule has 4 unspecified atom stereocenters. The van der Waals surface area contributed by atoms with Gasteiger partial charge in [0.2, 0.25) is 0 Å². The summed E-state index contributed by atoms with van der Waals surface area (Å²) in [6.07, 6.45) is -11.3. The molecule has 130 valence electrons. The number of hydrogen-bond donors (Lipinski definition) is 0. The van der Waals surface area contributed by atoms with Crippen molar-refractivity contribution in [1.82, 2.24) is 0 Å². The van der Waals surface area contributed by atoms with Gasteiger partial charge in [0, 0.05) is 0 Å². The molecule has 0 spiro atoms. The first kappa shape index (κ1) is 18.1. The van der Waals surface area contributed by atoms with E-state index in [1.54, 1.807) is 0 Å². The Hall–Kier alpha value is -1.27. The molecular weight excluding hydrogens is 325 g/mol. The molecule has 0 aliphatic heterocycles. The molecule has 2 rings (SSSR count). The van der Waals surface area contributed by atoms with Gasteiger partial charge in [-0.2, -0.15) is 26.3 Å². The Morgan fingerprint density at radius 2 is 1.35 bits per heavy atom. The standard InChI is InChI=1S/C16H17F7/c1-9-6-10(15(18,19)20)7-11(16(21,22)23)8-13(9)12-4-2-3-5-14(12)17/h2-5,9-11,13H,6-8H2,1H3. The minimum atomic E-state index is -4.73. The largest absolute Gasteiger partial charge is 0.391 e. The number of alkyl halides is 6. The molecule has 0 radical (unpaired) electrons. The van der Waals surface area contributed by atoms with Crippen molar-refractivity contribution < 1.29 is 30.7 Å². The minimum Gasteiger partial charge on any atom is -0.207 e. The topological polar surface area (TPSA) is 0 Å². The van der Waals surface area contributed by atoms with Crippen LogP contribution in [0.4, 0.5) is 30.7 Å². The maximum atomic E-state index is 13.9. The van der Waals surface area contributed by atoms with E-state index in [0.717, 1.165) is 6.07 Å². The molecule has 1 aliphatic carbocycles. The third kappa shape index (κ3) is 4.18. The first-order valence-electron chi connectivity index (χ1n) is 7.38. The van der Waals surface area contributed by atoms with E-state index in [1.807, 2.05) is 0 Å². The van der Waals surface area contributed by atoms with Crippen LogP contribution in [0.5, 0.6) is 0 Å². The molecule has 1 aliphatic rings. The Morgan fingerprint density at radius 1 is 0.826 bits per heavy atom. The molecule has 0 amide bonds. The molecule has 1 fully saturated rings. The van der Waals surface area contributed by atoms with E-state index in [4.69, 9.17) is 0 Å². The van der Waals surface area contributed by atoms with Gasteiger partial charge in [-0.05, 0) is 42.7 Å². The maximum absolute atomic E-state index is 13.9. The monoisotopic (exact) mass is 342 g/mol. The van der Waals surface area contributed by atoms with Crippen LogP contribution < -0.4 is 0 Å². The smallest absolute Gasteiger partial charge is 0.207 e. The van der Waals surface area contributed by atoms with E-state index in [9.17, 15) is 30.7 Å². The molecular formula is C16H17F7. The van der Waals surface area contributed by atoms with Gasteiger partial charge in [0.25, 0.3) is 0 Å². The Morgan fingerprint density at radius 3 is 1.87 bits per heavy atom. The van der Waals surface area contributed by atoms with Gasteiger partial charge in [0.15, 0.2) is 0 Å². The summed E-state index contributed by atoms with van der Waals surface area (Å²) in [5, 5.41) is 0. The first-order chi connectivity index (χ1) is 10.5. The summed E-state index contributed by atoms with van der Waals surface area (Å²) in [6.45, 7) is 1.47. The highest BCUT2D eigenvalue weighted by Gasteiger charge is 2.51. The van der Waals surface area contributed by atoms with Gasteiger partial charge in [-0.1, -0.05) is 25.1 Å². The number of hydrogen-bond acceptors (Lipinski definition) is 0. The summed E-state index contributed by atoms with van der Waals surface area (Å²) < 4.78 is 92.4. The van der Waals surface area contributed by atoms with Gasteiger partial charge in [0.05, 0.1) is 11.8 Å². The van der Waals surface area contributed by atoms with Crippen molar-refractivity contribution in [2.24, 2.45) is 17.8 Å². The van der Waals surface area contributed by atoms with Gasteiger partial charge in [0.1, 0.15) is 5.82 Å². The molecule has 1 aromatic carbocycles. The molecule has 0 bridgehead atoms. The Balaban J connectivity index is 2.39. The van der Waals surface area contributed by atoms with Gasteiger partial charge in [-0.3, -0.25) is 0 Å². The van der Waals surface area contributed by atoms with Crippen LogP contribution in [0.1, 0.15) is 37.7 Å². The van der Waals surface area contributed by atoms with Crippen LogP contribution in [0.15, 0.2) is 24.3 Å². The molecule has 0 saturated heterocycles. The number of halogens is 7. The van der Waals surface area contributed by atoms with Crippen molar-refractivity contribution in [2.75, 3.05) is 0 Å². The molecule has 1 aromatic rings. The summed E-state index contributed by atoms with van der Waals surface area (Å²) in [5.41, 5.74) is 0.0667. The van der Waals surface area contributed by atoms with Crippen LogP contribution in [-0.4, -0.2) is 12.4 Å². The lowest BCUT2D eigenvalue weighted by molar-refractivity contribution is -0.209. The van der Waals surface area contributed by atoms with Gasteiger partial charge < -0.3 is 0 Å². The van der Waals surface area contributed by atoms with E-state index in [1.165, 1.54) is 25.1 Å². The zero-order valence-electron chi connectivity index (χ0n) is 12.4. The van der Waals surface area contributed by atoms with E-state index in [-0.39, 0.29) is 5.56 Å². The first-order valence-corrected chi connectivity index (χ1v) is 7.38. The normalized spacial score (nSPS) is 30.1. The molecule has 23 heavy (non-hydrogen) atoms. The van der Waals surface area contributed by atoms with E-state index >= 15 is 0 Å². The average Bonchev–Trinajstić information content (AvgIpc) is 2.58. The third-order valence-corrected chi connectivity index (χ3v) is 4.68. The predicted octanol–water partition coefficient (Wildman–Crippen LogP) is 6.09. The summed E-state index contributed by atoms with van der Waals surface area (Å²) >= 11 is 0. The van der Waals surface area contributed by atoms with Crippen molar-refractivity contribution in [3.05, 3.63) is 35.6 Å². The van der Waals surface area contributed by atoms with Crippen molar-refractivity contribution in [1.29, 1.82) is 0 Å². The van der Waals surface area contributed by atoms with Crippen LogP contribution in [-0.2, 0) is 0 Å². The molecule has 0 aromatic heterocycles. The second-order valence-corrected chi connectivity index (χ2v) is 6.29. The van der Waals surface area contributed by atoms with Crippen molar-refractivity contribution in [3.63, 3.8) is 0 Å². The second-order valence-electron chi connectivity index (χ2n) is 6.29. The van der Waals surface area contributed by atoms with E-state index < -0.39 is 61.1 Å². The highest BCUT2D eigenvalue weighted by molar-refractivity contribution is 5.23. The minimum absolute atomic E-state index is 0.0667. The highest BCUT2D eigenvalue weighted by Crippen LogP contribution is 2.50. The van der Waals surface area contributed by atoms with Crippen LogP contribution >= 0.6 is 0 Å². The van der Waals surface area contributed by atoms with Crippen molar-refractivity contribution >= 4 is 0 Å².